The van der Waals surface area contributed by atoms with Crippen molar-refractivity contribution in [3.8, 4) is 11.6 Å². The van der Waals surface area contributed by atoms with Crippen LogP contribution in [-0.4, -0.2) is 48.4 Å². The van der Waals surface area contributed by atoms with E-state index < -0.39 is 24.6 Å². The Morgan fingerprint density at radius 2 is 2.09 bits per heavy atom. The monoisotopic (exact) mass is 312 g/mol. The number of aliphatic carboxylic acids is 1. The fourth-order valence-corrected chi connectivity index (χ4v) is 1.32. The Kier molecular flexibility index (Phi) is 6.61. The Balaban J connectivity index is 2.78. The molecule has 0 saturated carbocycles. The number of aromatic nitrogens is 1. The van der Waals surface area contributed by atoms with Gasteiger partial charge in [0.25, 0.3) is 5.88 Å². The van der Waals surface area contributed by atoms with Gasteiger partial charge >= 0.3 is 18.0 Å². The van der Waals surface area contributed by atoms with Crippen molar-refractivity contribution in [1.82, 2.24) is 10.3 Å². The summed E-state index contributed by atoms with van der Waals surface area (Å²) >= 11 is 0. The first kappa shape index (κ1) is 17.2. The van der Waals surface area contributed by atoms with E-state index in [0.29, 0.717) is 6.42 Å². The lowest BCUT2D eigenvalue weighted by Crippen LogP contribution is -2.32. The number of methoxy groups -OCH3 is 1. The second-order valence-corrected chi connectivity index (χ2v) is 4.00. The fourth-order valence-electron chi connectivity index (χ4n) is 1.32. The van der Waals surface area contributed by atoms with Crippen LogP contribution in [-0.2, 0) is 9.53 Å². The summed E-state index contributed by atoms with van der Waals surface area (Å²) in [6.45, 7) is 1.54. The molecule has 120 valence electrons. The summed E-state index contributed by atoms with van der Waals surface area (Å²) in [7, 11) is 1.31. The molecule has 0 atom stereocenters. The van der Waals surface area contributed by atoms with E-state index in [4.69, 9.17) is 19.3 Å². The molecule has 9 nitrogen and oxygen atoms in total. The summed E-state index contributed by atoms with van der Waals surface area (Å²) in [6, 6.07) is 1.31. The minimum absolute atomic E-state index is 0.0384. The quantitative estimate of drug-likeness (QED) is 0.709. The highest BCUT2D eigenvalue weighted by Crippen LogP contribution is 2.25. The number of rotatable bonds is 7. The van der Waals surface area contributed by atoms with Gasteiger partial charge in [0.15, 0.2) is 5.75 Å². The molecule has 0 aliphatic heterocycles. The van der Waals surface area contributed by atoms with Crippen molar-refractivity contribution in [2.45, 2.75) is 13.3 Å². The highest BCUT2D eigenvalue weighted by Gasteiger charge is 2.16. The number of carbonyl (C=O) groups excluding carboxylic acids is 2. The summed E-state index contributed by atoms with van der Waals surface area (Å²) in [5.74, 6) is -1.95. The van der Waals surface area contributed by atoms with Gasteiger partial charge in [-0.25, -0.2) is 14.6 Å². The topological polar surface area (TPSA) is 124 Å². The van der Waals surface area contributed by atoms with E-state index >= 15 is 0 Å². The first-order valence-corrected chi connectivity index (χ1v) is 6.36. The van der Waals surface area contributed by atoms with E-state index in [1.165, 1.54) is 19.4 Å². The van der Waals surface area contributed by atoms with Gasteiger partial charge in [0, 0.05) is 12.3 Å². The summed E-state index contributed by atoms with van der Waals surface area (Å²) in [4.78, 5) is 37.2. The van der Waals surface area contributed by atoms with Gasteiger partial charge in [0.1, 0.15) is 6.54 Å². The van der Waals surface area contributed by atoms with Crippen LogP contribution in [0.25, 0.3) is 0 Å². The van der Waals surface area contributed by atoms with Gasteiger partial charge in [-0.05, 0) is 6.42 Å². The molecule has 1 aromatic heterocycles. The van der Waals surface area contributed by atoms with Crippen molar-refractivity contribution in [2.24, 2.45) is 0 Å². The van der Waals surface area contributed by atoms with Crippen molar-refractivity contribution in [1.29, 1.82) is 0 Å². The average molecular weight is 312 g/mol. The minimum Gasteiger partial charge on any atom is -0.491 e. The first-order valence-electron chi connectivity index (χ1n) is 6.36. The van der Waals surface area contributed by atoms with E-state index in [1.54, 1.807) is 0 Å². The first-order chi connectivity index (χ1) is 10.5. The molecule has 0 bridgehead atoms. The normalized spacial score (nSPS) is 9.73. The molecule has 1 rings (SSSR count). The molecule has 0 aliphatic carbocycles. The Bertz CT molecular complexity index is 559. The molecule has 22 heavy (non-hydrogen) atoms. The van der Waals surface area contributed by atoms with Gasteiger partial charge in [-0.3, -0.25) is 4.79 Å². The van der Waals surface area contributed by atoms with E-state index in [1.807, 2.05) is 12.2 Å². The minimum atomic E-state index is -1.22. The van der Waals surface area contributed by atoms with Crippen molar-refractivity contribution in [2.75, 3.05) is 20.3 Å². The molecule has 0 aliphatic rings. The number of hydrogen-bond acceptors (Lipinski definition) is 7. The van der Waals surface area contributed by atoms with Gasteiger partial charge in [0.05, 0.1) is 19.3 Å². The number of nitrogens with one attached hydrogen (secondary N) is 1. The van der Waals surface area contributed by atoms with Crippen molar-refractivity contribution < 1.29 is 33.7 Å². The van der Waals surface area contributed by atoms with Crippen LogP contribution in [0.1, 0.15) is 23.7 Å². The predicted octanol–water partition coefficient (Wildman–Crippen LogP) is 0.830. The van der Waals surface area contributed by atoms with Crippen LogP contribution >= 0.6 is 0 Å². The maximum absolute atomic E-state index is 11.7. The number of carboxylic acid groups (broad SMARTS) is 1. The lowest BCUT2D eigenvalue weighted by molar-refractivity contribution is -0.135. The summed E-state index contributed by atoms with van der Waals surface area (Å²) < 4.78 is 14.7. The zero-order valence-electron chi connectivity index (χ0n) is 12.1. The van der Waals surface area contributed by atoms with E-state index in [2.05, 4.69) is 4.98 Å². The lowest BCUT2D eigenvalue weighted by Gasteiger charge is -2.09. The second kappa shape index (κ2) is 8.45. The van der Waals surface area contributed by atoms with E-state index in [-0.39, 0.29) is 23.8 Å². The van der Waals surface area contributed by atoms with Gasteiger partial charge in [0.2, 0.25) is 0 Å². The maximum Gasteiger partial charge on any atom is 0.414 e. The molecule has 1 amide bonds. The Morgan fingerprint density at radius 3 is 2.68 bits per heavy atom. The number of carboxylic acids is 1. The molecule has 0 spiro atoms. The van der Waals surface area contributed by atoms with Crippen LogP contribution in [0.5, 0.6) is 11.6 Å². The average Bonchev–Trinajstić information content (AvgIpc) is 2.50. The lowest BCUT2D eigenvalue weighted by atomic mass is 10.3. The van der Waals surface area contributed by atoms with Gasteiger partial charge in [-0.1, -0.05) is 6.92 Å². The molecule has 1 aromatic rings. The number of esters is 1. The van der Waals surface area contributed by atoms with Gasteiger partial charge in [-0.15, -0.1) is 0 Å². The van der Waals surface area contributed by atoms with Crippen molar-refractivity contribution in [3.63, 3.8) is 0 Å². The third kappa shape index (κ3) is 5.27. The number of ether oxygens (including phenoxy) is 3. The fraction of sp³-hybridized carbons (Fsp3) is 0.385. The third-order valence-electron chi connectivity index (χ3n) is 2.28. The zero-order valence-corrected chi connectivity index (χ0v) is 12.1. The summed E-state index contributed by atoms with van der Waals surface area (Å²) in [5.41, 5.74) is 0.142. The van der Waals surface area contributed by atoms with Gasteiger partial charge < -0.3 is 24.6 Å². The Hall–Kier alpha value is -2.84. The largest absolute Gasteiger partial charge is 0.491 e. The Morgan fingerprint density at radius 1 is 1.36 bits per heavy atom. The van der Waals surface area contributed by atoms with Crippen molar-refractivity contribution >= 4 is 18.0 Å². The maximum atomic E-state index is 11.7. The number of pyridine rings is 1. The van der Waals surface area contributed by atoms with Gasteiger partial charge in [-0.2, -0.15) is 0 Å². The molecule has 0 aromatic carbocycles. The van der Waals surface area contributed by atoms with Crippen LogP contribution in [0.2, 0.25) is 0 Å². The molecular weight excluding hydrogens is 296 g/mol. The predicted molar refractivity (Wildman–Crippen MR) is 73.0 cm³/mol. The zero-order chi connectivity index (χ0) is 16.5. The smallest absolute Gasteiger partial charge is 0.414 e. The van der Waals surface area contributed by atoms with Crippen LogP contribution in [0, 0.1) is 0 Å². The SMILES string of the molecule is CCCOC(=O)c1cnc(OC(=O)NCC(=O)O)c(OC)c1. The number of nitrogens with zero attached hydrogens (tertiary/aromatic N) is 1. The van der Waals surface area contributed by atoms with Crippen LogP contribution < -0.4 is 14.8 Å². The molecule has 1 heterocycles. The number of hydrogen-bond donors (Lipinski definition) is 2. The molecule has 2 N–H and O–H groups in total. The highest BCUT2D eigenvalue weighted by atomic mass is 16.6. The summed E-state index contributed by atoms with van der Waals surface area (Å²) in [6.07, 6.45) is 0.844. The van der Waals surface area contributed by atoms with E-state index in [9.17, 15) is 14.4 Å². The van der Waals surface area contributed by atoms with E-state index in [0.717, 1.165) is 0 Å². The standard InChI is InChI=1S/C13H16N2O7/c1-3-4-21-12(18)8-5-9(20-2)11(14-6-8)22-13(19)15-7-10(16)17/h5-6H,3-4,7H2,1-2H3,(H,15,19)(H,16,17). The van der Waals surface area contributed by atoms with Crippen molar-refractivity contribution in [3.05, 3.63) is 17.8 Å². The Labute approximate surface area is 126 Å². The molecule has 0 saturated heterocycles. The molecule has 0 radical (unpaired) electrons. The number of amides is 1. The molecule has 0 fully saturated rings. The van der Waals surface area contributed by atoms with Crippen LogP contribution in [0.4, 0.5) is 4.79 Å². The highest BCUT2D eigenvalue weighted by molar-refractivity contribution is 5.89. The third-order valence-corrected chi connectivity index (χ3v) is 2.28. The number of carbonyl (C=O) groups is 3. The van der Waals surface area contributed by atoms with Crippen LogP contribution in [0.3, 0.4) is 0 Å². The summed E-state index contributed by atoms with van der Waals surface area (Å²) in [5, 5.41) is 10.4. The molecular formula is C13H16N2O7. The molecule has 9 heteroatoms. The molecule has 0 unspecified atom stereocenters. The van der Waals surface area contributed by atoms with Crippen LogP contribution in [0.15, 0.2) is 12.3 Å². The second-order valence-electron chi connectivity index (χ2n) is 4.00.